The first-order valence-electron chi connectivity index (χ1n) is 13.0. The van der Waals surface area contributed by atoms with E-state index in [2.05, 4.69) is 40.8 Å². The van der Waals surface area contributed by atoms with Crippen LogP contribution in [0.15, 0.2) is 73.5 Å². The van der Waals surface area contributed by atoms with Crippen molar-refractivity contribution in [3.63, 3.8) is 0 Å². The van der Waals surface area contributed by atoms with E-state index in [9.17, 15) is 4.79 Å². The number of amides is 1. The Hall–Kier alpha value is -5.12. The number of imidazole rings is 1. The number of rotatable bonds is 5. The third-order valence-corrected chi connectivity index (χ3v) is 7.19. The van der Waals surface area contributed by atoms with Gasteiger partial charge in [-0.3, -0.25) is 24.8 Å². The molecule has 1 saturated carbocycles. The average molecular weight is 516 g/mol. The Balaban J connectivity index is 1.23. The topological polar surface area (TPSA) is 137 Å². The second-order valence-corrected chi connectivity index (χ2v) is 9.73. The van der Waals surface area contributed by atoms with Crippen LogP contribution in [0.25, 0.3) is 39.3 Å². The fourth-order valence-electron chi connectivity index (χ4n) is 5.21. The van der Waals surface area contributed by atoms with Crippen molar-refractivity contribution < 1.29 is 4.79 Å². The highest BCUT2D eigenvalue weighted by atomic mass is 16.1. The summed E-state index contributed by atoms with van der Waals surface area (Å²) in [5.74, 6) is 1.45. The van der Waals surface area contributed by atoms with E-state index in [-0.39, 0.29) is 11.8 Å². The molecule has 1 amide bonds. The molecule has 192 valence electrons. The van der Waals surface area contributed by atoms with Gasteiger partial charge in [0.05, 0.1) is 40.7 Å². The molecule has 1 fully saturated rings. The van der Waals surface area contributed by atoms with Gasteiger partial charge >= 0.3 is 0 Å². The lowest BCUT2D eigenvalue weighted by Gasteiger charge is -2.11. The Morgan fingerprint density at radius 3 is 2.82 bits per heavy atom. The minimum Gasteiger partial charge on any atom is -0.345 e. The zero-order chi connectivity index (χ0) is 26.2. The molecule has 0 aromatic carbocycles. The van der Waals surface area contributed by atoms with E-state index in [0.29, 0.717) is 23.0 Å². The van der Waals surface area contributed by atoms with Crippen LogP contribution in [-0.2, 0) is 4.79 Å². The summed E-state index contributed by atoms with van der Waals surface area (Å²) in [4.78, 5) is 34.4. The molecule has 7 rings (SSSR count). The van der Waals surface area contributed by atoms with Crippen molar-refractivity contribution in [3.05, 3.63) is 84.9 Å². The van der Waals surface area contributed by atoms with Crippen LogP contribution < -0.4 is 10.6 Å². The number of hydrogen-bond donors (Lipinski definition) is 4. The van der Waals surface area contributed by atoms with E-state index in [4.69, 9.17) is 4.98 Å². The number of fused-ring (bicyclic) bond motifs is 2. The summed E-state index contributed by atoms with van der Waals surface area (Å²) in [6.45, 7) is 0. The van der Waals surface area contributed by atoms with Crippen molar-refractivity contribution in [2.45, 2.75) is 25.7 Å². The van der Waals surface area contributed by atoms with E-state index < -0.39 is 0 Å². The predicted octanol–water partition coefficient (Wildman–Crippen LogP) is 5.30. The first-order chi connectivity index (χ1) is 19.2. The molecule has 0 unspecified atom stereocenters. The number of carbonyl (C=O) groups is 1. The second kappa shape index (κ2) is 9.64. The van der Waals surface area contributed by atoms with Gasteiger partial charge in [0.25, 0.3) is 0 Å². The van der Waals surface area contributed by atoms with Crippen LogP contribution in [0.2, 0.25) is 0 Å². The molecule has 1 aliphatic carbocycles. The smallest absolute Gasteiger partial charge is 0.227 e. The van der Waals surface area contributed by atoms with Gasteiger partial charge in [-0.2, -0.15) is 5.10 Å². The zero-order valence-electron chi connectivity index (χ0n) is 21.0. The molecule has 0 saturated heterocycles. The molecule has 5 aromatic rings. The van der Waals surface area contributed by atoms with Gasteiger partial charge in [-0.1, -0.05) is 18.9 Å². The maximum atomic E-state index is 12.6. The summed E-state index contributed by atoms with van der Waals surface area (Å²) < 4.78 is 0. The first kappa shape index (κ1) is 23.0. The summed E-state index contributed by atoms with van der Waals surface area (Å²) in [7, 11) is 0. The van der Waals surface area contributed by atoms with Gasteiger partial charge in [-0.15, -0.1) is 0 Å². The number of allylic oxidation sites excluding steroid dienone is 2. The molecule has 10 heteroatoms. The van der Waals surface area contributed by atoms with Crippen LogP contribution in [-0.4, -0.2) is 41.0 Å². The number of nitrogens with zero attached hydrogens (tertiary/aromatic N) is 5. The van der Waals surface area contributed by atoms with Gasteiger partial charge in [0.15, 0.2) is 11.6 Å². The largest absolute Gasteiger partial charge is 0.345 e. The van der Waals surface area contributed by atoms with Crippen molar-refractivity contribution in [1.29, 1.82) is 0 Å². The maximum Gasteiger partial charge on any atom is 0.227 e. The molecule has 0 radical (unpaired) electrons. The molecule has 4 N–H and O–H groups in total. The number of aromatic nitrogens is 7. The van der Waals surface area contributed by atoms with Crippen LogP contribution in [0.5, 0.6) is 0 Å². The number of hydrogen-bond acceptors (Lipinski definition) is 7. The fourth-order valence-corrected chi connectivity index (χ4v) is 5.21. The van der Waals surface area contributed by atoms with Crippen molar-refractivity contribution >= 4 is 33.9 Å². The van der Waals surface area contributed by atoms with E-state index in [1.165, 1.54) is 0 Å². The molecule has 5 aromatic heterocycles. The molecule has 6 heterocycles. The highest BCUT2D eigenvalue weighted by molar-refractivity contribution is 5.95. The lowest BCUT2D eigenvalue weighted by Crippen LogP contribution is -2.20. The Kier molecular flexibility index (Phi) is 5.69. The molecule has 10 nitrogen and oxygen atoms in total. The fraction of sp³-hybridized carbons (Fsp3) is 0.172. The lowest BCUT2D eigenvalue weighted by molar-refractivity contribution is -0.119. The van der Waals surface area contributed by atoms with E-state index >= 15 is 0 Å². The predicted molar refractivity (Wildman–Crippen MR) is 149 cm³/mol. The molecule has 0 spiro atoms. The monoisotopic (exact) mass is 515 g/mol. The molecule has 1 aliphatic heterocycles. The van der Waals surface area contributed by atoms with Gasteiger partial charge in [-0.25, -0.2) is 4.98 Å². The standard InChI is InChI=1S/C29H25N9O/c39-29(17-6-1-2-7-17)34-19-12-18(14-30-15-19)23-13-21-24(16-33-23)37-38-26(21)28-35-25-20(22-9-3-4-10-31-22)8-5-11-32-27(25)36-28/h3-5,8-17,32H,1-2,6-7H2,(H,34,39)(H,35,36)(H,37,38). The van der Waals surface area contributed by atoms with Gasteiger partial charge in [0.2, 0.25) is 5.91 Å². The van der Waals surface area contributed by atoms with Crippen LogP contribution in [0.3, 0.4) is 0 Å². The quantitative estimate of drug-likeness (QED) is 0.249. The normalized spacial score (nSPS) is 15.0. The summed E-state index contributed by atoms with van der Waals surface area (Å²) in [5.41, 5.74) is 6.24. The van der Waals surface area contributed by atoms with Gasteiger partial charge < -0.3 is 15.6 Å². The molecule has 2 aliphatic rings. The van der Waals surface area contributed by atoms with E-state index in [1.807, 2.05) is 48.7 Å². The van der Waals surface area contributed by atoms with Gasteiger partial charge in [-0.05, 0) is 49.3 Å². The van der Waals surface area contributed by atoms with E-state index in [1.54, 1.807) is 24.8 Å². The van der Waals surface area contributed by atoms with Crippen molar-refractivity contribution in [1.82, 2.24) is 35.1 Å². The number of nitrogens with one attached hydrogen (secondary N) is 4. The molecular weight excluding hydrogens is 490 g/mol. The highest BCUT2D eigenvalue weighted by Crippen LogP contribution is 2.34. The number of pyridine rings is 3. The van der Waals surface area contributed by atoms with Crippen molar-refractivity contribution in [3.8, 4) is 22.8 Å². The average Bonchev–Trinajstić information content (AvgIpc) is 3.72. The second-order valence-electron chi connectivity index (χ2n) is 9.73. The van der Waals surface area contributed by atoms with Crippen LogP contribution in [0, 0.1) is 5.92 Å². The maximum absolute atomic E-state index is 12.6. The Labute approximate surface area is 223 Å². The minimum atomic E-state index is 0.0622. The van der Waals surface area contributed by atoms with Crippen LogP contribution in [0.1, 0.15) is 37.1 Å². The van der Waals surface area contributed by atoms with Crippen LogP contribution in [0.4, 0.5) is 11.5 Å². The van der Waals surface area contributed by atoms with Gasteiger partial charge in [0.1, 0.15) is 5.69 Å². The summed E-state index contributed by atoms with van der Waals surface area (Å²) >= 11 is 0. The van der Waals surface area contributed by atoms with Crippen LogP contribution >= 0.6 is 0 Å². The zero-order valence-corrected chi connectivity index (χ0v) is 21.0. The summed E-state index contributed by atoms with van der Waals surface area (Å²) in [6, 6.07) is 9.69. The number of anilines is 2. The summed E-state index contributed by atoms with van der Waals surface area (Å²) in [6.07, 6.45) is 16.8. The minimum absolute atomic E-state index is 0.0622. The molecular formula is C29H25N9O. The third kappa shape index (κ3) is 4.35. The lowest BCUT2D eigenvalue weighted by atomic mass is 10.1. The Morgan fingerprint density at radius 1 is 1.03 bits per heavy atom. The highest BCUT2D eigenvalue weighted by Gasteiger charge is 2.23. The number of carbonyl (C=O) groups excluding carboxylic acids is 1. The van der Waals surface area contributed by atoms with Gasteiger partial charge in [0, 0.05) is 41.0 Å². The van der Waals surface area contributed by atoms with E-state index in [0.717, 1.165) is 64.8 Å². The Bertz CT molecular complexity index is 1740. The molecule has 0 bridgehead atoms. The van der Waals surface area contributed by atoms with Crippen molar-refractivity contribution in [2.24, 2.45) is 5.92 Å². The summed E-state index contributed by atoms with van der Waals surface area (Å²) in [5, 5.41) is 14.7. The Morgan fingerprint density at radius 2 is 1.95 bits per heavy atom. The van der Waals surface area contributed by atoms with Crippen molar-refractivity contribution in [2.75, 3.05) is 10.6 Å². The SMILES string of the molecule is O=C(Nc1cncc(-c2cc3c(-c4nc5c([nH]4)C(c4ccccn4)=CC=CN5)n[nH]c3cn2)c1)C1CCCC1. The number of H-pyrrole nitrogens is 2. The number of aromatic amines is 2. The molecule has 0 atom stereocenters. The molecule has 39 heavy (non-hydrogen) atoms. The third-order valence-electron chi connectivity index (χ3n) is 7.19. The first-order valence-corrected chi connectivity index (χ1v) is 13.0.